The van der Waals surface area contributed by atoms with Gasteiger partial charge in [0.05, 0.1) is 18.4 Å². The highest BCUT2D eigenvalue weighted by atomic mass is 35.5. The highest BCUT2D eigenvalue weighted by Crippen LogP contribution is 2.31. The first-order valence-corrected chi connectivity index (χ1v) is 7.34. The van der Waals surface area contributed by atoms with Crippen LogP contribution in [0.25, 0.3) is 10.9 Å². The molecule has 0 bridgehead atoms. The zero-order chi connectivity index (χ0) is 17.3. The number of hydrogen-bond acceptors (Lipinski definition) is 3. The highest BCUT2D eigenvalue weighted by Gasteiger charge is 2.22. The number of halogens is 2. The van der Waals surface area contributed by atoms with Crippen molar-refractivity contribution >= 4 is 40.1 Å². The number of fused-ring (bicyclic) bond motifs is 1. The summed E-state index contributed by atoms with van der Waals surface area (Å²) in [6.07, 6.45) is 0. The molecule has 2 aromatic carbocycles. The number of hydrogen-bond donors (Lipinski definition) is 2. The molecule has 24 heavy (non-hydrogen) atoms. The minimum absolute atomic E-state index is 0.0551. The fourth-order valence-corrected chi connectivity index (χ4v) is 2.55. The lowest BCUT2D eigenvalue weighted by molar-refractivity contribution is 0.0596. The monoisotopic (exact) mass is 346 g/mol. The highest BCUT2D eigenvalue weighted by molar-refractivity contribution is 6.31. The first-order chi connectivity index (χ1) is 11.5. The molecule has 0 spiro atoms. The third-order valence-electron chi connectivity index (χ3n) is 3.51. The maximum atomic E-state index is 13.8. The molecule has 0 atom stereocenters. The third-order valence-corrected chi connectivity index (χ3v) is 3.74. The van der Waals surface area contributed by atoms with Gasteiger partial charge in [-0.1, -0.05) is 23.7 Å². The van der Waals surface area contributed by atoms with Crippen molar-refractivity contribution in [2.24, 2.45) is 0 Å². The van der Waals surface area contributed by atoms with E-state index in [1.807, 2.05) is 0 Å². The Labute approximate surface area is 141 Å². The van der Waals surface area contributed by atoms with E-state index in [-0.39, 0.29) is 16.9 Å². The van der Waals surface area contributed by atoms with Gasteiger partial charge in [-0.2, -0.15) is 0 Å². The summed E-state index contributed by atoms with van der Waals surface area (Å²) in [7, 11) is 1.23. The van der Waals surface area contributed by atoms with Gasteiger partial charge in [0.25, 0.3) is 5.91 Å². The van der Waals surface area contributed by atoms with Gasteiger partial charge in [-0.15, -0.1) is 0 Å². The van der Waals surface area contributed by atoms with Crippen molar-refractivity contribution in [3.8, 4) is 0 Å². The van der Waals surface area contributed by atoms with Crippen molar-refractivity contribution in [1.29, 1.82) is 0 Å². The lowest BCUT2D eigenvalue weighted by Crippen LogP contribution is -2.16. The van der Waals surface area contributed by atoms with Crippen molar-refractivity contribution in [2.45, 2.75) is 0 Å². The number of rotatable bonds is 3. The molecule has 0 unspecified atom stereocenters. The summed E-state index contributed by atoms with van der Waals surface area (Å²) >= 11 is 5.99. The number of ether oxygens (including phenoxy) is 1. The van der Waals surface area contributed by atoms with Gasteiger partial charge in [-0.25, -0.2) is 9.18 Å². The molecule has 3 rings (SSSR count). The number of methoxy groups -OCH3 is 1. The molecule has 1 heterocycles. The van der Waals surface area contributed by atoms with Gasteiger partial charge < -0.3 is 15.0 Å². The van der Waals surface area contributed by atoms with Crippen LogP contribution in [0.1, 0.15) is 20.8 Å². The van der Waals surface area contributed by atoms with E-state index in [9.17, 15) is 14.0 Å². The molecule has 1 amide bonds. The van der Waals surface area contributed by atoms with E-state index in [1.165, 1.54) is 25.3 Å². The zero-order valence-electron chi connectivity index (χ0n) is 12.5. The predicted octanol–water partition coefficient (Wildman–Crippen LogP) is 4.00. The van der Waals surface area contributed by atoms with E-state index >= 15 is 0 Å². The molecule has 0 saturated heterocycles. The number of aromatic nitrogens is 1. The van der Waals surface area contributed by atoms with Crippen LogP contribution in [0.15, 0.2) is 42.5 Å². The molecule has 5 nitrogen and oxygen atoms in total. The lowest BCUT2D eigenvalue weighted by atomic mass is 10.1. The molecular formula is C17H12ClFN2O3. The van der Waals surface area contributed by atoms with E-state index in [0.29, 0.717) is 15.9 Å². The van der Waals surface area contributed by atoms with E-state index in [1.54, 1.807) is 24.3 Å². The van der Waals surface area contributed by atoms with E-state index in [0.717, 1.165) is 0 Å². The second kappa shape index (κ2) is 6.33. The van der Waals surface area contributed by atoms with Gasteiger partial charge >= 0.3 is 5.97 Å². The molecule has 122 valence electrons. The molecule has 1 aromatic heterocycles. The third kappa shape index (κ3) is 2.83. The van der Waals surface area contributed by atoms with E-state index in [4.69, 9.17) is 16.3 Å². The normalized spacial score (nSPS) is 10.6. The Bertz CT molecular complexity index is 952. The second-order valence-electron chi connectivity index (χ2n) is 4.99. The molecule has 0 saturated carbocycles. The van der Waals surface area contributed by atoms with Crippen LogP contribution in [0.5, 0.6) is 0 Å². The first-order valence-electron chi connectivity index (χ1n) is 6.96. The number of anilines is 1. The molecule has 3 aromatic rings. The fraction of sp³-hybridized carbons (Fsp3) is 0.0588. The Balaban J connectivity index is 2.10. The molecule has 0 aliphatic carbocycles. The smallest absolute Gasteiger partial charge is 0.356 e. The van der Waals surface area contributed by atoms with Crippen molar-refractivity contribution in [2.75, 3.05) is 12.4 Å². The maximum Gasteiger partial charge on any atom is 0.356 e. The number of nitrogens with one attached hydrogen (secondary N) is 2. The van der Waals surface area contributed by atoms with Gasteiger partial charge in [0.1, 0.15) is 11.5 Å². The van der Waals surface area contributed by atoms with E-state index in [2.05, 4.69) is 10.3 Å². The second-order valence-corrected chi connectivity index (χ2v) is 5.43. The minimum atomic E-state index is -0.681. The van der Waals surface area contributed by atoms with Gasteiger partial charge in [0, 0.05) is 15.9 Å². The number of aromatic amines is 1. The maximum absolute atomic E-state index is 13.8. The first kappa shape index (κ1) is 16.0. The Morgan fingerprint density at radius 2 is 1.96 bits per heavy atom. The Morgan fingerprint density at radius 3 is 2.67 bits per heavy atom. The average molecular weight is 347 g/mol. The molecule has 0 fully saturated rings. The number of H-pyrrole nitrogens is 1. The summed E-state index contributed by atoms with van der Waals surface area (Å²) in [5, 5.41) is 3.51. The number of carbonyl (C=O) groups is 2. The fourth-order valence-electron chi connectivity index (χ4n) is 2.38. The topological polar surface area (TPSA) is 71.2 Å². The van der Waals surface area contributed by atoms with Crippen LogP contribution in [-0.2, 0) is 4.74 Å². The SMILES string of the molecule is COC(=O)c1[nH]c2ccc(Cl)cc2c1NC(=O)c1ccccc1F. The molecule has 0 aliphatic heterocycles. The summed E-state index contributed by atoms with van der Waals surface area (Å²) in [6, 6.07) is 10.5. The number of carbonyl (C=O) groups excluding carboxylic acids is 2. The Kier molecular flexibility index (Phi) is 4.22. The average Bonchev–Trinajstić information content (AvgIpc) is 2.92. The Hall–Kier alpha value is -2.86. The molecule has 0 aliphatic rings. The van der Waals surface area contributed by atoms with Crippen LogP contribution in [0.4, 0.5) is 10.1 Å². The van der Waals surface area contributed by atoms with Crippen LogP contribution in [0.2, 0.25) is 5.02 Å². The Morgan fingerprint density at radius 1 is 1.21 bits per heavy atom. The van der Waals surface area contributed by atoms with Gasteiger partial charge in [-0.3, -0.25) is 4.79 Å². The quantitative estimate of drug-likeness (QED) is 0.704. The predicted molar refractivity (Wildman–Crippen MR) is 89.0 cm³/mol. The van der Waals surface area contributed by atoms with Crippen LogP contribution in [0.3, 0.4) is 0 Å². The number of benzene rings is 2. The largest absolute Gasteiger partial charge is 0.464 e. The molecule has 0 radical (unpaired) electrons. The number of amides is 1. The van der Waals surface area contributed by atoms with Crippen LogP contribution >= 0.6 is 11.6 Å². The number of esters is 1. The summed E-state index contributed by atoms with van der Waals surface area (Å²) < 4.78 is 18.5. The van der Waals surface area contributed by atoms with Gasteiger partial charge in [0.2, 0.25) is 0 Å². The van der Waals surface area contributed by atoms with Crippen LogP contribution in [0, 0.1) is 5.82 Å². The van der Waals surface area contributed by atoms with Crippen molar-refractivity contribution < 1.29 is 18.7 Å². The molecule has 7 heteroatoms. The van der Waals surface area contributed by atoms with Crippen LogP contribution < -0.4 is 5.32 Å². The molecule has 2 N–H and O–H groups in total. The van der Waals surface area contributed by atoms with Gasteiger partial charge in [0.15, 0.2) is 0 Å². The van der Waals surface area contributed by atoms with E-state index < -0.39 is 17.7 Å². The van der Waals surface area contributed by atoms with Crippen molar-refractivity contribution in [3.05, 3.63) is 64.6 Å². The standard InChI is InChI=1S/C17H12ClFN2O3/c1-24-17(23)15-14(11-8-9(18)6-7-13(11)20-15)21-16(22)10-4-2-3-5-12(10)19/h2-8,20H,1H3,(H,21,22). The lowest BCUT2D eigenvalue weighted by Gasteiger charge is -2.07. The van der Waals surface area contributed by atoms with Crippen molar-refractivity contribution in [1.82, 2.24) is 4.98 Å². The summed E-state index contributed by atoms with van der Waals surface area (Å²) in [5.41, 5.74) is 0.695. The zero-order valence-corrected chi connectivity index (χ0v) is 13.3. The van der Waals surface area contributed by atoms with Crippen molar-refractivity contribution in [3.63, 3.8) is 0 Å². The summed E-state index contributed by atoms with van der Waals surface area (Å²) in [5.74, 6) is -2.00. The van der Waals surface area contributed by atoms with Crippen LogP contribution in [-0.4, -0.2) is 24.0 Å². The van der Waals surface area contributed by atoms with Gasteiger partial charge in [-0.05, 0) is 30.3 Å². The summed E-state index contributed by atoms with van der Waals surface area (Å²) in [6.45, 7) is 0. The minimum Gasteiger partial charge on any atom is -0.464 e. The molecular weight excluding hydrogens is 335 g/mol. The summed E-state index contributed by atoms with van der Waals surface area (Å²) in [4.78, 5) is 27.2.